The molecule has 0 unspecified atom stereocenters. The molecule has 2 aromatic rings. The second-order valence-electron chi connectivity index (χ2n) is 5.95. The molecule has 2 heterocycles. The van der Waals surface area contributed by atoms with E-state index in [2.05, 4.69) is 29.7 Å². The number of nitrogens with two attached hydrogens (primary N) is 1. The number of nitrogens with zero attached hydrogens (tertiary/aromatic N) is 1. The largest absolute Gasteiger partial charge is 0.497 e. The van der Waals surface area contributed by atoms with Crippen LogP contribution in [0.15, 0.2) is 18.2 Å². The maximum atomic E-state index is 6.08. The van der Waals surface area contributed by atoms with Crippen molar-refractivity contribution in [2.75, 3.05) is 7.11 Å². The lowest BCUT2D eigenvalue weighted by atomic mass is 10.0. The number of ether oxygens (including phenoxy) is 1. The second-order valence-corrected chi connectivity index (χ2v) is 5.95. The lowest BCUT2D eigenvalue weighted by Crippen LogP contribution is -2.18. The number of aryl methyl sites for hydroxylation is 1. The molecule has 0 saturated heterocycles. The first-order valence-electron chi connectivity index (χ1n) is 7.64. The van der Waals surface area contributed by atoms with Crippen molar-refractivity contribution in [1.29, 1.82) is 0 Å². The van der Waals surface area contributed by atoms with Gasteiger partial charge in [-0.2, -0.15) is 0 Å². The van der Waals surface area contributed by atoms with E-state index in [4.69, 9.17) is 10.5 Å². The highest BCUT2D eigenvalue weighted by Gasteiger charge is 2.19. The molecule has 2 N–H and O–H groups in total. The van der Waals surface area contributed by atoms with Gasteiger partial charge in [0.05, 0.1) is 7.11 Å². The third-order valence-corrected chi connectivity index (χ3v) is 4.32. The topological polar surface area (TPSA) is 40.2 Å². The number of aromatic nitrogens is 1. The monoisotopic (exact) mass is 272 g/mol. The molecule has 0 fully saturated rings. The highest BCUT2D eigenvalue weighted by atomic mass is 16.5. The average molecular weight is 272 g/mol. The quantitative estimate of drug-likeness (QED) is 0.931. The molecule has 1 aromatic carbocycles. The zero-order chi connectivity index (χ0) is 14.1. The molecule has 1 atom stereocenters. The Kier molecular flexibility index (Phi) is 3.70. The molecule has 3 rings (SSSR count). The van der Waals surface area contributed by atoms with Crippen molar-refractivity contribution < 1.29 is 4.74 Å². The van der Waals surface area contributed by atoms with E-state index in [0.717, 1.165) is 18.7 Å². The summed E-state index contributed by atoms with van der Waals surface area (Å²) in [4.78, 5) is 0. The normalized spacial score (nSPS) is 16.8. The van der Waals surface area contributed by atoms with Gasteiger partial charge in [0.15, 0.2) is 0 Å². The summed E-state index contributed by atoms with van der Waals surface area (Å²) in [6.45, 7) is 3.23. The van der Waals surface area contributed by atoms with Crippen LogP contribution in [0.3, 0.4) is 0 Å². The Bertz CT molecular complexity index is 613. The first kappa shape index (κ1) is 13.5. The lowest BCUT2D eigenvalue weighted by Gasteiger charge is -2.09. The van der Waals surface area contributed by atoms with Gasteiger partial charge in [0.2, 0.25) is 0 Å². The van der Waals surface area contributed by atoms with Crippen LogP contribution in [0, 0.1) is 0 Å². The third kappa shape index (κ3) is 2.31. The van der Waals surface area contributed by atoms with Crippen molar-refractivity contribution in [2.24, 2.45) is 5.73 Å². The van der Waals surface area contributed by atoms with E-state index in [9.17, 15) is 0 Å². The summed E-state index contributed by atoms with van der Waals surface area (Å²) < 4.78 is 7.91. The van der Waals surface area contributed by atoms with E-state index in [1.54, 1.807) is 7.11 Å². The number of methoxy groups -OCH3 is 1. The summed E-state index contributed by atoms with van der Waals surface area (Å²) in [6.07, 6.45) is 6.03. The summed E-state index contributed by atoms with van der Waals surface area (Å²) >= 11 is 0. The van der Waals surface area contributed by atoms with Gasteiger partial charge in [0, 0.05) is 29.2 Å². The number of hydrogen-bond donors (Lipinski definition) is 1. The number of hydrogen-bond acceptors (Lipinski definition) is 2. The van der Waals surface area contributed by atoms with E-state index in [-0.39, 0.29) is 6.04 Å². The average Bonchev–Trinajstić information content (AvgIpc) is 2.61. The highest BCUT2D eigenvalue weighted by molar-refractivity contribution is 5.87. The van der Waals surface area contributed by atoms with Gasteiger partial charge in [-0.3, -0.25) is 0 Å². The van der Waals surface area contributed by atoms with Gasteiger partial charge >= 0.3 is 0 Å². The van der Waals surface area contributed by atoms with Crippen molar-refractivity contribution in [1.82, 2.24) is 4.57 Å². The zero-order valence-electron chi connectivity index (χ0n) is 12.5. The smallest absolute Gasteiger partial charge is 0.119 e. The van der Waals surface area contributed by atoms with Crippen molar-refractivity contribution in [3.05, 3.63) is 29.5 Å². The SMILES string of the molecule is COc1ccc2c(c1)c(C[C@@H](C)N)c1n2CCCCC1. The highest BCUT2D eigenvalue weighted by Crippen LogP contribution is 2.33. The van der Waals surface area contributed by atoms with Crippen LogP contribution in [0.5, 0.6) is 5.75 Å². The summed E-state index contributed by atoms with van der Waals surface area (Å²) in [6, 6.07) is 6.64. The Morgan fingerprint density at radius 3 is 2.90 bits per heavy atom. The number of fused-ring (bicyclic) bond motifs is 3. The molecule has 3 heteroatoms. The zero-order valence-corrected chi connectivity index (χ0v) is 12.5. The van der Waals surface area contributed by atoms with Crippen LogP contribution >= 0.6 is 0 Å². The van der Waals surface area contributed by atoms with Gasteiger partial charge in [0.1, 0.15) is 5.75 Å². The van der Waals surface area contributed by atoms with Gasteiger partial charge in [-0.05, 0) is 56.4 Å². The number of rotatable bonds is 3. The molecular weight excluding hydrogens is 248 g/mol. The Balaban J connectivity index is 2.22. The molecule has 1 aliphatic rings. The molecule has 0 spiro atoms. The minimum Gasteiger partial charge on any atom is -0.497 e. The fourth-order valence-corrected chi connectivity index (χ4v) is 3.41. The summed E-state index contributed by atoms with van der Waals surface area (Å²) in [5.74, 6) is 0.934. The molecule has 20 heavy (non-hydrogen) atoms. The van der Waals surface area contributed by atoms with Gasteiger partial charge in [-0.25, -0.2) is 0 Å². The molecule has 1 aliphatic heterocycles. The van der Waals surface area contributed by atoms with Crippen LogP contribution in [-0.2, 0) is 19.4 Å². The standard InChI is InChI=1S/C17H24N2O/c1-12(18)10-14-15-11-13(20-2)7-8-17(15)19-9-5-3-4-6-16(14)19/h7-8,11-12H,3-6,9-10,18H2,1-2H3/t12-/m1/s1. The Morgan fingerprint density at radius 1 is 1.30 bits per heavy atom. The first-order chi connectivity index (χ1) is 9.70. The van der Waals surface area contributed by atoms with Crippen LogP contribution in [0.4, 0.5) is 0 Å². The molecular formula is C17H24N2O. The van der Waals surface area contributed by atoms with Crippen molar-refractivity contribution in [3.63, 3.8) is 0 Å². The molecule has 3 nitrogen and oxygen atoms in total. The summed E-state index contributed by atoms with van der Waals surface area (Å²) in [5.41, 5.74) is 10.4. The van der Waals surface area contributed by atoms with E-state index >= 15 is 0 Å². The van der Waals surface area contributed by atoms with Crippen LogP contribution in [0.1, 0.15) is 37.4 Å². The van der Waals surface area contributed by atoms with Gasteiger partial charge in [-0.1, -0.05) is 6.42 Å². The lowest BCUT2D eigenvalue weighted by molar-refractivity contribution is 0.415. The Labute approximate surface area is 120 Å². The maximum Gasteiger partial charge on any atom is 0.119 e. The molecule has 108 valence electrons. The van der Waals surface area contributed by atoms with Crippen molar-refractivity contribution in [3.8, 4) is 5.75 Å². The second kappa shape index (κ2) is 5.49. The van der Waals surface area contributed by atoms with Gasteiger partial charge < -0.3 is 15.0 Å². The first-order valence-corrected chi connectivity index (χ1v) is 7.64. The minimum absolute atomic E-state index is 0.194. The molecule has 0 bridgehead atoms. The summed E-state index contributed by atoms with van der Waals surface area (Å²) in [5, 5.41) is 1.33. The van der Waals surface area contributed by atoms with Crippen molar-refractivity contribution >= 4 is 10.9 Å². The van der Waals surface area contributed by atoms with E-state index in [0.29, 0.717) is 0 Å². The predicted octanol–water partition coefficient (Wildman–Crippen LogP) is 3.27. The predicted molar refractivity (Wildman–Crippen MR) is 83.4 cm³/mol. The van der Waals surface area contributed by atoms with Crippen LogP contribution in [-0.4, -0.2) is 17.7 Å². The molecule has 1 aromatic heterocycles. The van der Waals surface area contributed by atoms with E-state index < -0.39 is 0 Å². The van der Waals surface area contributed by atoms with Gasteiger partial charge in [0.25, 0.3) is 0 Å². The van der Waals surface area contributed by atoms with Crippen LogP contribution in [0.2, 0.25) is 0 Å². The van der Waals surface area contributed by atoms with Crippen LogP contribution < -0.4 is 10.5 Å². The molecule has 0 aliphatic carbocycles. The van der Waals surface area contributed by atoms with E-state index in [1.165, 1.54) is 47.8 Å². The third-order valence-electron chi connectivity index (χ3n) is 4.32. The molecule has 0 amide bonds. The minimum atomic E-state index is 0.194. The molecule has 0 radical (unpaired) electrons. The fraction of sp³-hybridized carbons (Fsp3) is 0.529. The fourth-order valence-electron chi connectivity index (χ4n) is 3.41. The Hall–Kier alpha value is -1.48. The van der Waals surface area contributed by atoms with Gasteiger partial charge in [-0.15, -0.1) is 0 Å². The van der Waals surface area contributed by atoms with Crippen molar-refractivity contribution in [2.45, 2.75) is 51.6 Å². The summed E-state index contributed by atoms with van der Waals surface area (Å²) in [7, 11) is 1.73. The van der Waals surface area contributed by atoms with Crippen LogP contribution in [0.25, 0.3) is 10.9 Å². The molecule has 0 saturated carbocycles. The van der Waals surface area contributed by atoms with E-state index in [1.807, 2.05) is 0 Å². The maximum absolute atomic E-state index is 6.08. The Morgan fingerprint density at radius 2 is 2.15 bits per heavy atom. The number of benzene rings is 1.